The van der Waals surface area contributed by atoms with Crippen LogP contribution >= 0.6 is 11.8 Å². The number of aromatic amines is 1. The van der Waals surface area contributed by atoms with E-state index in [1.807, 2.05) is 12.1 Å². The number of ether oxygens (including phenoxy) is 1. The number of carbonyl (C=O) groups is 17. The molecule has 27 N–H and O–H groups in total. The Morgan fingerprint density at radius 3 is 1.83 bits per heavy atom. The molecule has 0 bridgehead atoms. The number of aliphatic hydroxyl groups is 1. The van der Waals surface area contributed by atoms with Crippen LogP contribution in [0.15, 0.2) is 97.2 Å². The number of amides is 17. The van der Waals surface area contributed by atoms with Gasteiger partial charge in [0, 0.05) is 81.9 Å². The third kappa shape index (κ3) is 31.0. The second kappa shape index (κ2) is 47.0. The van der Waals surface area contributed by atoms with E-state index in [2.05, 4.69) is 74.1 Å². The molecule has 4 aromatic carbocycles. The molecule has 0 radical (unpaired) electrons. The molecule has 6 rings (SSSR count). The van der Waals surface area contributed by atoms with Gasteiger partial charge in [0.25, 0.3) is 0 Å². The first-order chi connectivity index (χ1) is 56.1. The van der Waals surface area contributed by atoms with Gasteiger partial charge in [-0.2, -0.15) is 11.8 Å². The minimum Gasteiger partial charge on any atom is -0.492 e. The van der Waals surface area contributed by atoms with Gasteiger partial charge < -0.3 is 118 Å². The maximum absolute atomic E-state index is 15.7. The van der Waals surface area contributed by atoms with Crippen LogP contribution < -0.4 is 108 Å². The first-order valence-corrected chi connectivity index (χ1v) is 39.6. The predicted octanol–water partition coefficient (Wildman–Crippen LogP) is -5.00. The smallest absolute Gasteiger partial charge is 0.246 e. The molecule has 0 saturated carbocycles. The van der Waals surface area contributed by atoms with Crippen LogP contribution in [-0.2, 0) is 101 Å². The molecular formula is C78H108N20O19S. The molecule has 40 heteroatoms. The summed E-state index contributed by atoms with van der Waals surface area (Å²) in [5.41, 5.74) is 33.5. The van der Waals surface area contributed by atoms with E-state index in [9.17, 15) is 57.8 Å². The Bertz CT molecular complexity index is 4410. The summed E-state index contributed by atoms with van der Waals surface area (Å²) in [7, 11) is 0. The number of rotatable bonds is 40. The summed E-state index contributed by atoms with van der Waals surface area (Å²) < 4.78 is 5.72. The standard InChI is InChI=1S/C78H108N20O19S/c1-42(99)66-76(115)94-59(37-49-39-86-52-15-8-7-14-51(49)52)73(112)90-54(23-25-62(81)102)69(108)95-61(41-118-33-27-56(88-44(3)101)70(109)89-55(71(110)97-66)24-26-63(82)103)74(113)91-57(35-45-18-21-50(22-19-45)117-32-30-80)72(111)92-58(36-46-17-20-47-12-5-6-13-48(47)34-46)75(114)98-78(4,28-11-29-79)77(116)96-53(16-9-10-31-85-43(2)100)68(107)93-60(38-64(83)104)67(106)87-40-65(84)105/h5-8,12-15,17-22,34,39,42,53-61,66,86,99H,9-11,16,23-33,35-38,40-41,79-80H2,1-4H3,(H2,81,102)(H2,82,103)(H2,83,104)(H2,84,105)(H,85,100)(H,87,106)(H,88,101)(H,89,109)(H,90,112)(H,91,113)(H,92,111)(H,93,107)(H,94,115)(H,95,108)(H,96,116)(H,97,110)(H,98,114)/t42-,53+,54+,55+,56+,57+,58+,59+,60+,61+,66+,78+/m1/s1. The van der Waals surface area contributed by atoms with E-state index in [1.165, 1.54) is 13.8 Å². The number of aliphatic hydroxyl groups excluding tert-OH is 1. The van der Waals surface area contributed by atoms with Crippen LogP contribution in [0.3, 0.4) is 0 Å². The average molecular weight is 1660 g/mol. The molecule has 0 unspecified atom stereocenters. The minimum absolute atomic E-state index is 0.0435. The molecule has 0 aliphatic carbocycles. The first kappa shape index (κ1) is 94.6. The summed E-state index contributed by atoms with van der Waals surface area (Å²) in [5.74, 6) is -16.7. The highest BCUT2D eigenvalue weighted by molar-refractivity contribution is 7.99. The van der Waals surface area contributed by atoms with E-state index < -0.39 is 211 Å². The van der Waals surface area contributed by atoms with Crippen molar-refractivity contribution in [1.82, 2.24) is 74.1 Å². The monoisotopic (exact) mass is 1660 g/mol. The number of benzene rings is 4. The number of nitrogens with two attached hydrogens (primary N) is 6. The van der Waals surface area contributed by atoms with Gasteiger partial charge in [0.1, 0.15) is 78.3 Å². The molecular weight excluding hydrogens is 1550 g/mol. The van der Waals surface area contributed by atoms with E-state index in [4.69, 9.17) is 39.1 Å². The van der Waals surface area contributed by atoms with E-state index in [0.29, 0.717) is 38.7 Å². The number of primary amides is 4. The van der Waals surface area contributed by atoms with Gasteiger partial charge in [-0.15, -0.1) is 0 Å². The van der Waals surface area contributed by atoms with Crippen molar-refractivity contribution in [2.75, 3.05) is 44.3 Å². The lowest BCUT2D eigenvalue weighted by Gasteiger charge is -2.34. The summed E-state index contributed by atoms with van der Waals surface area (Å²) in [6.07, 6.45) is -4.18. The van der Waals surface area contributed by atoms with E-state index in [-0.39, 0.29) is 95.7 Å². The summed E-state index contributed by atoms with van der Waals surface area (Å²) in [6.45, 7) is 4.56. The van der Waals surface area contributed by atoms with E-state index in [0.717, 1.165) is 31.0 Å². The van der Waals surface area contributed by atoms with Gasteiger partial charge in [0.15, 0.2) is 0 Å². The van der Waals surface area contributed by atoms with Crippen molar-refractivity contribution in [1.29, 1.82) is 0 Å². The van der Waals surface area contributed by atoms with Gasteiger partial charge >= 0.3 is 0 Å². The lowest BCUT2D eigenvalue weighted by molar-refractivity contribution is -0.138. The second-order valence-corrected chi connectivity index (χ2v) is 29.9. The number of thioether (sulfide) groups is 1. The van der Waals surface area contributed by atoms with Crippen molar-refractivity contribution < 1.29 is 91.4 Å². The zero-order valence-corrected chi connectivity index (χ0v) is 66.9. The van der Waals surface area contributed by atoms with Crippen molar-refractivity contribution >= 4 is 134 Å². The first-order valence-electron chi connectivity index (χ1n) is 38.5. The zero-order valence-electron chi connectivity index (χ0n) is 66.1. The van der Waals surface area contributed by atoms with Gasteiger partial charge in [-0.3, -0.25) is 81.5 Å². The van der Waals surface area contributed by atoms with Crippen LogP contribution in [0.25, 0.3) is 21.7 Å². The van der Waals surface area contributed by atoms with Crippen LogP contribution in [0.5, 0.6) is 5.75 Å². The van der Waals surface area contributed by atoms with Gasteiger partial charge in [-0.1, -0.05) is 72.8 Å². The van der Waals surface area contributed by atoms with Gasteiger partial charge in [0.05, 0.1) is 19.1 Å². The summed E-state index contributed by atoms with van der Waals surface area (Å²) in [6, 6.07) is 8.75. The summed E-state index contributed by atoms with van der Waals surface area (Å²) >= 11 is 0.927. The molecule has 2 heterocycles. The molecule has 1 aliphatic rings. The zero-order chi connectivity index (χ0) is 86.8. The maximum atomic E-state index is 15.7. The molecule has 1 aliphatic heterocycles. The van der Waals surface area contributed by atoms with E-state index >= 15 is 28.8 Å². The number of fused-ring (bicyclic) bond motifs is 2. The SMILES string of the molecule is CC(=O)NCCCC[C@H](NC(=O)[C@](C)(CCCN)NC(=O)[C@H](Cc1ccc2ccccc2c1)NC(=O)[C@H](Cc1ccc(OCCN)cc1)NC(=O)[C@@H]1CSCC[C@H](NC(C)=O)C(=O)N[C@@H](CCC(N)=O)C(=O)N[C@@H]([C@@H](C)O)C(=O)N[C@@H](Cc2c[nH]c3ccccc23)C(=O)N[C@@H](CCC(N)=O)C(=O)N1)C(=O)N[C@@H](CC(N)=O)C(=O)NCC(N)=O. The third-order valence-corrected chi connectivity index (χ3v) is 20.1. The number of hydrogen-bond acceptors (Lipinski definition) is 22. The molecule has 118 heavy (non-hydrogen) atoms. The lowest BCUT2D eigenvalue weighted by atomic mass is 9.92. The fraction of sp³-hybridized carbons (Fsp3) is 0.474. The molecule has 12 atom stereocenters. The predicted molar refractivity (Wildman–Crippen MR) is 433 cm³/mol. The number of carbonyl (C=O) groups excluding carboxylic acids is 17. The Morgan fingerprint density at radius 2 is 1.19 bits per heavy atom. The molecule has 5 aromatic rings. The van der Waals surface area contributed by atoms with Gasteiger partial charge in [-0.25, -0.2) is 0 Å². The Hall–Kier alpha value is -12.3. The van der Waals surface area contributed by atoms with Crippen molar-refractivity contribution in [2.24, 2.45) is 34.4 Å². The molecule has 1 aromatic heterocycles. The highest BCUT2D eigenvalue weighted by atomic mass is 32.2. The molecule has 39 nitrogen and oxygen atoms in total. The number of nitrogens with one attached hydrogen (secondary N) is 14. The Balaban J connectivity index is 1.46. The number of hydrogen-bond donors (Lipinski definition) is 21. The van der Waals surface area contributed by atoms with Crippen molar-refractivity contribution in [3.8, 4) is 5.75 Å². The van der Waals surface area contributed by atoms with Crippen LogP contribution in [0.4, 0.5) is 0 Å². The molecule has 1 saturated heterocycles. The number of aromatic nitrogens is 1. The number of para-hydroxylation sites is 1. The van der Waals surface area contributed by atoms with Crippen LogP contribution in [0.1, 0.15) is 115 Å². The Kier molecular flexibility index (Phi) is 37.7. The van der Waals surface area contributed by atoms with Crippen molar-refractivity contribution in [3.05, 3.63) is 114 Å². The second-order valence-electron chi connectivity index (χ2n) is 28.8. The topological polar surface area (TPSA) is 648 Å². The quantitative estimate of drug-likeness (QED) is 0.0163. The Morgan fingerprint density at radius 1 is 0.593 bits per heavy atom. The summed E-state index contributed by atoms with van der Waals surface area (Å²) in [5, 5.41) is 46.6. The van der Waals surface area contributed by atoms with Gasteiger partial charge in [0.2, 0.25) is 100 Å². The minimum atomic E-state index is -2.03. The van der Waals surface area contributed by atoms with Crippen LogP contribution in [0.2, 0.25) is 0 Å². The lowest BCUT2D eigenvalue weighted by Crippen LogP contribution is -2.64. The van der Waals surface area contributed by atoms with Gasteiger partial charge in [-0.05, 0) is 123 Å². The fourth-order valence-electron chi connectivity index (χ4n) is 12.7. The third-order valence-electron chi connectivity index (χ3n) is 19.0. The fourth-order valence-corrected chi connectivity index (χ4v) is 13.8. The average Bonchev–Trinajstić information content (AvgIpc) is 1.25. The molecule has 0 spiro atoms. The molecule has 640 valence electrons. The maximum Gasteiger partial charge on any atom is 0.246 e. The van der Waals surface area contributed by atoms with Crippen LogP contribution in [-0.4, -0.2) is 227 Å². The largest absolute Gasteiger partial charge is 0.492 e. The van der Waals surface area contributed by atoms with E-state index in [1.54, 1.807) is 85.1 Å². The van der Waals surface area contributed by atoms with Crippen molar-refractivity contribution in [3.63, 3.8) is 0 Å². The van der Waals surface area contributed by atoms with Crippen molar-refractivity contribution in [2.45, 2.75) is 190 Å². The summed E-state index contributed by atoms with van der Waals surface area (Å²) in [4.78, 5) is 239. The number of unbranched alkanes of at least 4 members (excludes halogenated alkanes) is 1. The van der Waals surface area contributed by atoms with Crippen LogP contribution in [0, 0.1) is 0 Å². The normalized spacial score (nSPS) is 18.8. The molecule has 1 fully saturated rings. The highest BCUT2D eigenvalue weighted by Gasteiger charge is 2.42. The number of H-pyrrole nitrogens is 1. The highest BCUT2D eigenvalue weighted by Crippen LogP contribution is 2.23. The molecule has 17 amide bonds. The Labute approximate surface area is 684 Å².